The first-order chi connectivity index (χ1) is 13.0. The molecule has 1 aromatic carbocycles. The van der Waals surface area contributed by atoms with Crippen LogP contribution in [0.5, 0.6) is 0 Å². The van der Waals surface area contributed by atoms with E-state index < -0.39 is 0 Å². The number of nitriles is 2. The molecule has 5 nitrogen and oxygen atoms in total. The maximum Gasteiger partial charge on any atom is 0.246 e. The molecule has 6 heteroatoms. The Morgan fingerprint density at radius 3 is 2.78 bits per heavy atom. The number of amides is 1. The quantitative estimate of drug-likeness (QED) is 0.769. The van der Waals surface area contributed by atoms with Crippen molar-refractivity contribution >= 4 is 17.2 Å². The van der Waals surface area contributed by atoms with E-state index in [1.54, 1.807) is 17.0 Å². The van der Waals surface area contributed by atoms with Gasteiger partial charge in [0.2, 0.25) is 5.91 Å². The van der Waals surface area contributed by atoms with E-state index in [2.05, 4.69) is 12.1 Å². The molecule has 0 N–H and O–H groups in total. The first-order valence-electron chi connectivity index (χ1n) is 8.65. The summed E-state index contributed by atoms with van der Waals surface area (Å²) in [6, 6.07) is 13.8. The van der Waals surface area contributed by atoms with E-state index in [9.17, 15) is 15.3 Å². The Morgan fingerprint density at radius 2 is 2.07 bits per heavy atom. The number of nitrogens with zero attached hydrogens (tertiary/aromatic N) is 4. The fourth-order valence-electron chi connectivity index (χ4n) is 3.28. The number of thiophene rings is 1. The second kappa shape index (κ2) is 8.18. The van der Waals surface area contributed by atoms with Gasteiger partial charge in [-0.2, -0.15) is 10.5 Å². The predicted molar refractivity (Wildman–Crippen MR) is 105 cm³/mol. The third-order valence-corrected chi connectivity index (χ3v) is 5.60. The molecule has 1 aliphatic rings. The molecule has 1 aromatic heterocycles. The summed E-state index contributed by atoms with van der Waals surface area (Å²) in [5, 5.41) is 18.8. The number of hydrogen-bond acceptors (Lipinski definition) is 5. The zero-order valence-corrected chi connectivity index (χ0v) is 16.2. The van der Waals surface area contributed by atoms with Gasteiger partial charge in [-0.05, 0) is 37.4 Å². The molecular formula is C21H20N4OS. The van der Waals surface area contributed by atoms with E-state index in [-0.39, 0.29) is 11.8 Å². The summed E-state index contributed by atoms with van der Waals surface area (Å²) in [4.78, 5) is 18.1. The Hall–Kier alpha value is -2.93. The zero-order valence-electron chi connectivity index (χ0n) is 15.3. The standard InChI is InChI=1S/C21H20N4OS/c1-24(2)9-5-8-21(26)25-13-19(17-7-4-3-6-15(17)11-22)18-10-16(12-23)27-20(18)14-25/h3-8,10,19H,9,13-14H2,1-2H3/b8-5+. The van der Waals surface area contributed by atoms with Crippen LogP contribution in [0.4, 0.5) is 0 Å². The van der Waals surface area contributed by atoms with Crippen molar-refractivity contribution in [1.29, 1.82) is 10.5 Å². The second-order valence-corrected chi connectivity index (χ2v) is 7.87. The van der Waals surface area contributed by atoms with Crippen molar-refractivity contribution in [2.45, 2.75) is 12.5 Å². The fraction of sp³-hybridized carbons (Fsp3) is 0.286. The number of likely N-dealkylation sites (N-methyl/N-ethyl adjacent to an activating group) is 1. The number of carbonyl (C=O) groups is 1. The molecule has 27 heavy (non-hydrogen) atoms. The van der Waals surface area contributed by atoms with Gasteiger partial charge >= 0.3 is 0 Å². The van der Waals surface area contributed by atoms with Gasteiger partial charge in [0.1, 0.15) is 10.9 Å². The van der Waals surface area contributed by atoms with Crippen LogP contribution in [0.25, 0.3) is 0 Å². The van der Waals surface area contributed by atoms with Crippen molar-refractivity contribution in [2.75, 3.05) is 27.2 Å². The number of fused-ring (bicyclic) bond motifs is 1. The van der Waals surface area contributed by atoms with E-state index in [0.29, 0.717) is 30.1 Å². The van der Waals surface area contributed by atoms with Crippen LogP contribution in [-0.4, -0.2) is 42.9 Å². The third kappa shape index (κ3) is 4.09. The molecule has 0 saturated heterocycles. The van der Waals surface area contributed by atoms with Gasteiger partial charge in [-0.15, -0.1) is 11.3 Å². The summed E-state index contributed by atoms with van der Waals surface area (Å²) in [5.41, 5.74) is 2.56. The minimum atomic E-state index is -0.103. The van der Waals surface area contributed by atoms with E-state index in [0.717, 1.165) is 16.0 Å². The molecule has 0 fully saturated rings. The minimum Gasteiger partial charge on any atom is -0.333 e. The van der Waals surface area contributed by atoms with Gasteiger partial charge in [0.25, 0.3) is 0 Å². The van der Waals surface area contributed by atoms with Crippen molar-refractivity contribution in [3.05, 3.63) is 68.9 Å². The summed E-state index contributed by atoms with van der Waals surface area (Å²) in [6.07, 6.45) is 3.46. The highest BCUT2D eigenvalue weighted by Crippen LogP contribution is 2.39. The van der Waals surface area contributed by atoms with Gasteiger partial charge in [-0.3, -0.25) is 4.79 Å². The van der Waals surface area contributed by atoms with Gasteiger partial charge in [0.15, 0.2) is 0 Å². The first kappa shape index (κ1) is 18.8. The van der Waals surface area contributed by atoms with Crippen LogP contribution in [-0.2, 0) is 11.3 Å². The van der Waals surface area contributed by atoms with Crippen LogP contribution in [0.3, 0.4) is 0 Å². The molecular weight excluding hydrogens is 356 g/mol. The van der Waals surface area contributed by atoms with E-state index in [1.807, 2.05) is 49.3 Å². The van der Waals surface area contributed by atoms with E-state index in [4.69, 9.17) is 0 Å². The minimum absolute atomic E-state index is 0.0474. The average Bonchev–Trinajstić information content (AvgIpc) is 3.10. The number of hydrogen-bond donors (Lipinski definition) is 0. The molecule has 0 bridgehead atoms. The third-order valence-electron chi connectivity index (χ3n) is 4.56. The van der Waals surface area contributed by atoms with Crippen molar-refractivity contribution in [1.82, 2.24) is 9.80 Å². The molecule has 136 valence electrons. The highest BCUT2D eigenvalue weighted by Gasteiger charge is 2.31. The van der Waals surface area contributed by atoms with Crippen molar-refractivity contribution in [3.63, 3.8) is 0 Å². The summed E-state index contributed by atoms with van der Waals surface area (Å²) in [7, 11) is 3.90. The molecule has 1 atom stereocenters. The second-order valence-electron chi connectivity index (χ2n) is 6.74. The molecule has 1 aliphatic heterocycles. The molecule has 2 heterocycles. The van der Waals surface area contributed by atoms with E-state index in [1.165, 1.54) is 11.3 Å². The lowest BCUT2D eigenvalue weighted by molar-refractivity contribution is -0.127. The topological polar surface area (TPSA) is 71.1 Å². The van der Waals surface area contributed by atoms with E-state index >= 15 is 0 Å². The zero-order chi connectivity index (χ0) is 19.4. The smallest absolute Gasteiger partial charge is 0.246 e. The number of rotatable bonds is 4. The van der Waals surface area contributed by atoms with Gasteiger partial charge in [0.05, 0.1) is 18.2 Å². The highest BCUT2D eigenvalue weighted by molar-refractivity contribution is 7.12. The summed E-state index contributed by atoms with van der Waals surface area (Å²) < 4.78 is 0. The van der Waals surface area contributed by atoms with Crippen molar-refractivity contribution in [2.24, 2.45) is 0 Å². The highest BCUT2D eigenvalue weighted by atomic mass is 32.1. The Bertz CT molecular complexity index is 961. The Balaban J connectivity index is 1.97. The van der Waals surface area contributed by atoms with Crippen LogP contribution < -0.4 is 0 Å². The number of benzene rings is 1. The van der Waals surface area contributed by atoms with Crippen LogP contribution in [0.2, 0.25) is 0 Å². The molecule has 1 amide bonds. The SMILES string of the molecule is CN(C)C/C=C/C(=O)N1Cc2sc(C#N)cc2C(c2ccccc2C#N)C1. The van der Waals surface area contributed by atoms with Gasteiger partial charge in [-0.25, -0.2) is 0 Å². The largest absolute Gasteiger partial charge is 0.333 e. The molecule has 3 rings (SSSR count). The van der Waals surface area contributed by atoms with Gasteiger partial charge in [0, 0.05) is 30.0 Å². The average molecular weight is 376 g/mol. The molecule has 1 unspecified atom stereocenters. The molecule has 0 aliphatic carbocycles. The normalized spacial score (nSPS) is 16.2. The summed E-state index contributed by atoms with van der Waals surface area (Å²) in [5.74, 6) is -0.150. The Morgan fingerprint density at radius 1 is 1.30 bits per heavy atom. The molecule has 2 aromatic rings. The summed E-state index contributed by atoms with van der Waals surface area (Å²) >= 11 is 1.43. The molecule has 0 saturated carbocycles. The van der Waals surface area contributed by atoms with Crippen molar-refractivity contribution in [3.8, 4) is 12.1 Å². The Kier molecular flexibility index (Phi) is 5.71. The lowest BCUT2D eigenvalue weighted by Crippen LogP contribution is -2.37. The lowest BCUT2D eigenvalue weighted by Gasteiger charge is -2.33. The van der Waals surface area contributed by atoms with Gasteiger partial charge < -0.3 is 9.80 Å². The lowest BCUT2D eigenvalue weighted by atomic mass is 9.85. The van der Waals surface area contributed by atoms with Crippen LogP contribution in [0.15, 0.2) is 42.5 Å². The van der Waals surface area contributed by atoms with Crippen LogP contribution >= 0.6 is 11.3 Å². The van der Waals surface area contributed by atoms with Gasteiger partial charge in [-0.1, -0.05) is 24.3 Å². The maximum atomic E-state index is 12.7. The maximum absolute atomic E-state index is 12.7. The fourth-order valence-corrected chi connectivity index (χ4v) is 4.32. The molecule has 0 spiro atoms. The Labute approximate surface area is 163 Å². The first-order valence-corrected chi connectivity index (χ1v) is 9.47. The molecule has 0 radical (unpaired) electrons. The number of carbonyl (C=O) groups excluding carboxylic acids is 1. The predicted octanol–water partition coefficient (Wildman–Crippen LogP) is 3.08. The summed E-state index contributed by atoms with van der Waals surface area (Å²) in [6.45, 7) is 1.69. The van der Waals surface area contributed by atoms with Crippen molar-refractivity contribution < 1.29 is 4.79 Å². The monoisotopic (exact) mass is 376 g/mol. The van der Waals surface area contributed by atoms with Crippen LogP contribution in [0, 0.1) is 22.7 Å². The van der Waals surface area contributed by atoms with Crippen LogP contribution in [0.1, 0.15) is 32.4 Å².